The Kier molecular flexibility index (Phi) is 4.44. The summed E-state index contributed by atoms with van der Waals surface area (Å²) in [6, 6.07) is 8.32. The standard InChI is InChI=1S/C15H18ClNS/c1-10-7-15(18-12(10)3)9-17-8-13-4-5-14(16)6-11(13)2/h4-7,17H,8-9H2,1-3H3. The molecule has 1 N–H and O–H groups in total. The van der Waals surface area contributed by atoms with Gasteiger partial charge in [-0.25, -0.2) is 0 Å². The summed E-state index contributed by atoms with van der Waals surface area (Å²) in [5.41, 5.74) is 3.94. The minimum Gasteiger partial charge on any atom is -0.308 e. The zero-order valence-corrected chi connectivity index (χ0v) is 12.6. The maximum Gasteiger partial charge on any atom is 0.0408 e. The first-order valence-electron chi connectivity index (χ1n) is 6.08. The van der Waals surface area contributed by atoms with E-state index in [0.29, 0.717) is 0 Å². The van der Waals surface area contributed by atoms with Crippen molar-refractivity contribution in [2.24, 2.45) is 0 Å². The molecule has 1 heterocycles. The van der Waals surface area contributed by atoms with Gasteiger partial charge in [0.25, 0.3) is 0 Å². The van der Waals surface area contributed by atoms with Gasteiger partial charge in [-0.15, -0.1) is 11.3 Å². The third-order valence-corrected chi connectivity index (χ3v) is 4.52. The molecule has 0 amide bonds. The van der Waals surface area contributed by atoms with Crippen LogP contribution < -0.4 is 5.32 Å². The van der Waals surface area contributed by atoms with Crippen molar-refractivity contribution in [2.45, 2.75) is 33.9 Å². The van der Waals surface area contributed by atoms with Gasteiger partial charge in [0.15, 0.2) is 0 Å². The van der Waals surface area contributed by atoms with Crippen molar-refractivity contribution in [3.05, 3.63) is 55.7 Å². The minimum atomic E-state index is 0.806. The Bertz CT molecular complexity index is 526. The highest BCUT2D eigenvalue weighted by atomic mass is 35.5. The summed E-state index contributed by atoms with van der Waals surface area (Å²) in [5.74, 6) is 0. The van der Waals surface area contributed by atoms with Crippen molar-refractivity contribution in [1.82, 2.24) is 5.32 Å². The molecule has 0 spiro atoms. The molecule has 0 saturated carbocycles. The molecule has 0 saturated heterocycles. The fourth-order valence-corrected chi connectivity index (χ4v) is 3.16. The normalized spacial score (nSPS) is 10.9. The van der Waals surface area contributed by atoms with Gasteiger partial charge in [0.1, 0.15) is 0 Å². The Hall–Kier alpha value is -0.830. The lowest BCUT2D eigenvalue weighted by Gasteiger charge is -2.07. The van der Waals surface area contributed by atoms with Crippen LogP contribution in [0.25, 0.3) is 0 Å². The topological polar surface area (TPSA) is 12.0 Å². The van der Waals surface area contributed by atoms with Gasteiger partial charge in [0, 0.05) is 27.9 Å². The molecule has 96 valence electrons. The largest absolute Gasteiger partial charge is 0.308 e. The second-order valence-electron chi connectivity index (χ2n) is 4.63. The molecule has 0 aliphatic rings. The van der Waals surface area contributed by atoms with Crippen LogP contribution in [0.4, 0.5) is 0 Å². The third kappa shape index (κ3) is 3.35. The van der Waals surface area contributed by atoms with Crippen LogP contribution in [-0.4, -0.2) is 0 Å². The summed E-state index contributed by atoms with van der Waals surface area (Å²) in [6.07, 6.45) is 0. The predicted molar refractivity (Wildman–Crippen MR) is 80.5 cm³/mol. The van der Waals surface area contributed by atoms with Crippen molar-refractivity contribution < 1.29 is 0 Å². The number of halogens is 1. The number of hydrogen-bond donors (Lipinski definition) is 1. The molecule has 2 aromatic rings. The molecule has 0 fully saturated rings. The first-order chi connectivity index (χ1) is 8.56. The lowest BCUT2D eigenvalue weighted by molar-refractivity contribution is 0.698. The van der Waals surface area contributed by atoms with Gasteiger partial charge in [-0.3, -0.25) is 0 Å². The molecule has 0 unspecified atom stereocenters. The lowest BCUT2D eigenvalue weighted by Crippen LogP contribution is -2.12. The second kappa shape index (κ2) is 5.87. The Labute approximate surface area is 118 Å². The highest BCUT2D eigenvalue weighted by molar-refractivity contribution is 7.12. The van der Waals surface area contributed by atoms with E-state index >= 15 is 0 Å². The molecule has 0 atom stereocenters. The van der Waals surface area contributed by atoms with E-state index in [0.717, 1.165) is 18.1 Å². The predicted octanol–water partition coefficient (Wildman–Crippen LogP) is 4.62. The second-order valence-corrected chi connectivity index (χ2v) is 6.40. The summed E-state index contributed by atoms with van der Waals surface area (Å²) in [5, 5.41) is 4.29. The van der Waals surface area contributed by atoms with Crippen molar-refractivity contribution >= 4 is 22.9 Å². The van der Waals surface area contributed by atoms with Gasteiger partial charge in [-0.05, 0) is 55.7 Å². The third-order valence-electron chi connectivity index (χ3n) is 3.14. The average Bonchev–Trinajstić information content (AvgIpc) is 2.61. The van der Waals surface area contributed by atoms with E-state index in [9.17, 15) is 0 Å². The first-order valence-corrected chi connectivity index (χ1v) is 7.27. The van der Waals surface area contributed by atoms with Crippen molar-refractivity contribution in [2.75, 3.05) is 0 Å². The molecule has 1 aromatic heterocycles. The van der Waals surface area contributed by atoms with E-state index in [1.807, 2.05) is 23.5 Å². The van der Waals surface area contributed by atoms with Crippen molar-refractivity contribution in [1.29, 1.82) is 0 Å². The van der Waals surface area contributed by atoms with Gasteiger partial charge in [0.05, 0.1) is 0 Å². The Morgan fingerprint density at radius 3 is 2.44 bits per heavy atom. The summed E-state index contributed by atoms with van der Waals surface area (Å²) < 4.78 is 0. The molecular weight excluding hydrogens is 262 g/mol. The lowest BCUT2D eigenvalue weighted by atomic mass is 10.1. The summed E-state index contributed by atoms with van der Waals surface area (Å²) in [7, 11) is 0. The van der Waals surface area contributed by atoms with E-state index in [4.69, 9.17) is 11.6 Å². The van der Waals surface area contributed by atoms with Crippen LogP contribution >= 0.6 is 22.9 Å². The number of benzene rings is 1. The van der Waals surface area contributed by atoms with E-state index < -0.39 is 0 Å². The number of rotatable bonds is 4. The molecule has 2 rings (SSSR count). The zero-order valence-electron chi connectivity index (χ0n) is 11.0. The quantitative estimate of drug-likeness (QED) is 0.861. The van der Waals surface area contributed by atoms with Gasteiger partial charge in [-0.1, -0.05) is 17.7 Å². The van der Waals surface area contributed by atoms with Crippen molar-refractivity contribution in [3.63, 3.8) is 0 Å². The van der Waals surface area contributed by atoms with Crippen LogP contribution in [0.1, 0.15) is 26.4 Å². The highest BCUT2D eigenvalue weighted by Crippen LogP contribution is 2.20. The van der Waals surface area contributed by atoms with Crippen LogP contribution in [0.3, 0.4) is 0 Å². The maximum absolute atomic E-state index is 5.95. The van der Waals surface area contributed by atoms with Crippen LogP contribution in [-0.2, 0) is 13.1 Å². The molecule has 3 heteroatoms. The summed E-state index contributed by atoms with van der Waals surface area (Å²) in [4.78, 5) is 2.81. The number of hydrogen-bond acceptors (Lipinski definition) is 2. The first kappa shape index (κ1) is 13.6. The van der Waals surface area contributed by atoms with E-state index in [2.05, 4.69) is 38.2 Å². The number of thiophene rings is 1. The van der Waals surface area contributed by atoms with E-state index in [-0.39, 0.29) is 0 Å². The van der Waals surface area contributed by atoms with Crippen molar-refractivity contribution in [3.8, 4) is 0 Å². The zero-order chi connectivity index (χ0) is 13.1. The average molecular weight is 280 g/mol. The molecule has 0 radical (unpaired) electrons. The molecule has 1 nitrogen and oxygen atoms in total. The maximum atomic E-state index is 5.95. The minimum absolute atomic E-state index is 0.806. The molecular formula is C15H18ClNS. The number of aryl methyl sites for hydroxylation is 3. The smallest absolute Gasteiger partial charge is 0.0408 e. The fourth-order valence-electron chi connectivity index (χ4n) is 1.91. The monoisotopic (exact) mass is 279 g/mol. The fraction of sp³-hybridized carbons (Fsp3) is 0.333. The highest BCUT2D eigenvalue weighted by Gasteiger charge is 2.02. The molecule has 0 bridgehead atoms. The molecule has 0 aliphatic heterocycles. The molecule has 0 aliphatic carbocycles. The Morgan fingerprint density at radius 1 is 1.06 bits per heavy atom. The Balaban J connectivity index is 1.92. The van der Waals surface area contributed by atoms with Gasteiger partial charge < -0.3 is 5.32 Å². The number of nitrogens with one attached hydrogen (secondary N) is 1. The van der Waals surface area contributed by atoms with Gasteiger partial charge >= 0.3 is 0 Å². The molecule has 1 aromatic carbocycles. The van der Waals surface area contributed by atoms with Crippen LogP contribution in [0.5, 0.6) is 0 Å². The van der Waals surface area contributed by atoms with E-state index in [1.54, 1.807) is 0 Å². The molecule has 18 heavy (non-hydrogen) atoms. The Morgan fingerprint density at radius 2 is 1.83 bits per heavy atom. The summed E-state index contributed by atoms with van der Waals surface area (Å²) in [6.45, 7) is 8.26. The van der Waals surface area contributed by atoms with E-state index in [1.165, 1.54) is 26.4 Å². The van der Waals surface area contributed by atoms with Crippen LogP contribution in [0, 0.1) is 20.8 Å². The van der Waals surface area contributed by atoms with Crippen LogP contribution in [0.2, 0.25) is 5.02 Å². The van der Waals surface area contributed by atoms with Gasteiger partial charge in [-0.2, -0.15) is 0 Å². The van der Waals surface area contributed by atoms with Gasteiger partial charge in [0.2, 0.25) is 0 Å². The summed E-state index contributed by atoms with van der Waals surface area (Å²) >= 11 is 7.82. The van der Waals surface area contributed by atoms with Crippen LogP contribution in [0.15, 0.2) is 24.3 Å². The SMILES string of the molecule is Cc1cc(Cl)ccc1CNCc1cc(C)c(C)s1.